The van der Waals surface area contributed by atoms with Crippen LogP contribution in [0.5, 0.6) is 0 Å². The van der Waals surface area contributed by atoms with Crippen molar-refractivity contribution in [1.29, 1.82) is 0 Å². The van der Waals surface area contributed by atoms with Crippen LogP contribution in [0.4, 0.5) is 0 Å². The van der Waals surface area contributed by atoms with E-state index in [9.17, 15) is 8.42 Å². The largest absolute Gasteiger partial charge is 0.265 e. The molecule has 0 N–H and O–H groups in total. The average Bonchev–Trinajstić information content (AvgIpc) is 2.39. The Morgan fingerprint density at radius 3 is 2.22 bits per heavy atom. The molecule has 5 heteroatoms. The highest BCUT2D eigenvalue weighted by Gasteiger charge is 2.21. The molecule has 0 atom stereocenters. The van der Waals surface area contributed by atoms with Crippen molar-refractivity contribution in [3.8, 4) is 11.1 Å². The summed E-state index contributed by atoms with van der Waals surface area (Å²) in [6, 6.07) is 10.6. The lowest BCUT2D eigenvalue weighted by Gasteiger charge is -2.15. The Bertz CT molecular complexity index is 637. The lowest BCUT2D eigenvalue weighted by molar-refractivity contribution is 0.521. The molecule has 0 fully saturated rings. The zero-order chi connectivity index (χ0) is 13.2. The van der Waals surface area contributed by atoms with Gasteiger partial charge in [-0.25, -0.2) is 12.7 Å². The van der Waals surface area contributed by atoms with Gasteiger partial charge in [0.25, 0.3) is 0 Å². The minimum Gasteiger partial charge on any atom is -0.265 e. The van der Waals surface area contributed by atoms with Gasteiger partial charge in [0.1, 0.15) is 0 Å². The molecule has 2 aromatic rings. The van der Waals surface area contributed by atoms with Gasteiger partial charge in [0.2, 0.25) is 10.0 Å². The molecule has 18 heavy (non-hydrogen) atoms. The van der Waals surface area contributed by atoms with Crippen LogP contribution in [0, 0.1) is 0 Å². The Hall–Kier alpha value is -1.72. The molecule has 94 valence electrons. The van der Waals surface area contributed by atoms with Crippen molar-refractivity contribution in [2.45, 2.75) is 4.90 Å². The molecule has 1 aromatic carbocycles. The van der Waals surface area contributed by atoms with E-state index < -0.39 is 10.0 Å². The Morgan fingerprint density at radius 1 is 1.00 bits per heavy atom. The SMILES string of the molecule is CN(C)S(=O)(=O)c1ccccc1-c1ccncc1. The van der Waals surface area contributed by atoms with Crippen molar-refractivity contribution in [1.82, 2.24) is 9.29 Å². The number of aromatic nitrogens is 1. The molecule has 0 aliphatic rings. The van der Waals surface area contributed by atoms with Crippen LogP contribution in [0.2, 0.25) is 0 Å². The Balaban J connectivity index is 2.65. The van der Waals surface area contributed by atoms with Gasteiger partial charge in [-0.15, -0.1) is 0 Å². The first-order valence-corrected chi connectivity index (χ1v) is 6.89. The average molecular weight is 262 g/mol. The maximum Gasteiger partial charge on any atom is 0.243 e. The summed E-state index contributed by atoms with van der Waals surface area (Å²) in [5.74, 6) is 0. The van der Waals surface area contributed by atoms with Gasteiger partial charge >= 0.3 is 0 Å². The molecule has 1 aromatic heterocycles. The van der Waals surface area contributed by atoms with Gasteiger partial charge in [0.15, 0.2) is 0 Å². The maximum atomic E-state index is 12.2. The second-order valence-electron chi connectivity index (χ2n) is 4.02. The van der Waals surface area contributed by atoms with Gasteiger partial charge in [-0.2, -0.15) is 0 Å². The maximum absolute atomic E-state index is 12.2. The number of benzene rings is 1. The fraction of sp³-hybridized carbons (Fsp3) is 0.154. The summed E-state index contributed by atoms with van der Waals surface area (Å²) in [7, 11) is -0.390. The fourth-order valence-corrected chi connectivity index (χ4v) is 2.77. The third-order valence-corrected chi connectivity index (χ3v) is 4.51. The molecule has 1 heterocycles. The highest BCUT2D eigenvalue weighted by atomic mass is 32.2. The summed E-state index contributed by atoms with van der Waals surface area (Å²) in [4.78, 5) is 4.24. The molecule has 0 spiro atoms. The monoisotopic (exact) mass is 262 g/mol. The molecule has 0 aliphatic carbocycles. The normalized spacial score (nSPS) is 11.7. The van der Waals surface area contributed by atoms with Crippen LogP contribution in [0.1, 0.15) is 0 Å². The molecule has 0 radical (unpaired) electrons. The number of rotatable bonds is 3. The van der Waals surface area contributed by atoms with E-state index >= 15 is 0 Å². The third-order valence-electron chi connectivity index (χ3n) is 2.64. The molecule has 0 saturated carbocycles. The number of nitrogens with zero attached hydrogens (tertiary/aromatic N) is 2. The van der Waals surface area contributed by atoms with Gasteiger partial charge in [-0.05, 0) is 23.8 Å². The van der Waals surface area contributed by atoms with E-state index in [0.29, 0.717) is 10.5 Å². The zero-order valence-corrected chi connectivity index (χ0v) is 11.1. The predicted octanol–water partition coefficient (Wildman–Crippen LogP) is 2.00. The van der Waals surface area contributed by atoms with E-state index in [1.54, 1.807) is 42.7 Å². The highest BCUT2D eigenvalue weighted by molar-refractivity contribution is 7.89. The van der Waals surface area contributed by atoms with Crippen molar-refractivity contribution in [2.75, 3.05) is 14.1 Å². The van der Waals surface area contributed by atoms with E-state index in [-0.39, 0.29) is 0 Å². The molecule has 2 rings (SSSR count). The predicted molar refractivity (Wildman–Crippen MR) is 70.5 cm³/mol. The van der Waals surface area contributed by atoms with Gasteiger partial charge in [0, 0.05) is 32.1 Å². The number of pyridine rings is 1. The highest BCUT2D eigenvalue weighted by Crippen LogP contribution is 2.27. The number of hydrogen-bond donors (Lipinski definition) is 0. The molecular formula is C13H14N2O2S. The smallest absolute Gasteiger partial charge is 0.243 e. The Morgan fingerprint density at radius 2 is 1.61 bits per heavy atom. The van der Waals surface area contributed by atoms with Crippen LogP contribution in [-0.4, -0.2) is 31.8 Å². The Kier molecular flexibility index (Phi) is 3.45. The summed E-state index contributed by atoms with van der Waals surface area (Å²) >= 11 is 0. The summed E-state index contributed by atoms with van der Waals surface area (Å²) in [5, 5.41) is 0. The molecule has 0 amide bonds. The van der Waals surface area contributed by atoms with Gasteiger partial charge < -0.3 is 0 Å². The summed E-state index contributed by atoms with van der Waals surface area (Å²) in [5.41, 5.74) is 1.53. The first kappa shape index (κ1) is 12.7. The summed E-state index contributed by atoms with van der Waals surface area (Å²) in [6.07, 6.45) is 3.29. The van der Waals surface area contributed by atoms with E-state index in [4.69, 9.17) is 0 Å². The minimum atomic E-state index is -3.44. The number of sulfonamides is 1. The van der Waals surface area contributed by atoms with E-state index in [1.165, 1.54) is 18.4 Å². The first-order valence-electron chi connectivity index (χ1n) is 5.45. The Labute approximate surface area is 107 Å². The second kappa shape index (κ2) is 4.88. The van der Waals surface area contributed by atoms with E-state index in [1.807, 2.05) is 6.07 Å². The van der Waals surface area contributed by atoms with Crippen LogP contribution in [-0.2, 0) is 10.0 Å². The van der Waals surface area contributed by atoms with Crippen molar-refractivity contribution >= 4 is 10.0 Å². The second-order valence-corrected chi connectivity index (χ2v) is 6.14. The van der Waals surface area contributed by atoms with Crippen molar-refractivity contribution < 1.29 is 8.42 Å². The van der Waals surface area contributed by atoms with Gasteiger partial charge in [-0.1, -0.05) is 18.2 Å². The fourth-order valence-electron chi connectivity index (χ4n) is 1.66. The molecule has 0 saturated heterocycles. The van der Waals surface area contributed by atoms with Crippen LogP contribution >= 0.6 is 0 Å². The molecule has 0 unspecified atom stereocenters. The van der Waals surface area contributed by atoms with Crippen molar-refractivity contribution in [3.05, 3.63) is 48.8 Å². The topological polar surface area (TPSA) is 50.3 Å². The van der Waals surface area contributed by atoms with Crippen molar-refractivity contribution in [3.63, 3.8) is 0 Å². The molecule has 0 aliphatic heterocycles. The summed E-state index contributed by atoms with van der Waals surface area (Å²) in [6.45, 7) is 0. The number of hydrogen-bond acceptors (Lipinski definition) is 3. The van der Waals surface area contributed by atoms with Crippen molar-refractivity contribution in [2.24, 2.45) is 0 Å². The lowest BCUT2D eigenvalue weighted by Crippen LogP contribution is -2.22. The van der Waals surface area contributed by atoms with Gasteiger partial charge in [0.05, 0.1) is 4.90 Å². The van der Waals surface area contributed by atoms with Crippen LogP contribution in [0.15, 0.2) is 53.7 Å². The third kappa shape index (κ3) is 2.27. The van der Waals surface area contributed by atoms with E-state index in [0.717, 1.165) is 5.56 Å². The molecule has 0 bridgehead atoms. The standard InChI is InChI=1S/C13H14N2O2S/c1-15(2)18(16,17)13-6-4-3-5-12(13)11-7-9-14-10-8-11/h3-10H,1-2H3. The molecular weight excluding hydrogens is 248 g/mol. The van der Waals surface area contributed by atoms with E-state index in [2.05, 4.69) is 4.98 Å². The van der Waals surface area contributed by atoms with Gasteiger partial charge in [-0.3, -0.25) is 4.98 Å². The molecule has 4 nitrogen and oxygen atoms in total. The van der Waals surface area contributed by atoms with Crippen LogP contribution < -0.4 is 0 Å². The van der Waals surface area contributed by atoms with Crippen LogP contribution in [0.3, 0.4) is 0 Å². The lowest BCUT2D eigenvalue weighted by atomic mass is 10.1. The quantitative estimate of drug-likeness (QED) is 0.850. The van der Waals surface area contributed by atoms with Crippen LogP contribution in [0.25, 0.3) is 11.1 Å². The summed E-state index contributed by atoms with van der Waals surface area (Å²) < 4.78 is 25.7. The zero-order valence-electron chi connectivity index (χ0n) is 10.2. The first-order chi connectivity index (χ1) is 8.53. The minimum absolute atomic E-state index is 0.307.